The second-order valence-electron chi connectivity index (χ2n) is 4.04. The molecule has 0 aliphatic heterocycles. The molecule has 1 aromatic carbocycles. The highest BCUT2D eigenvalue weighted by Gasteiger charge is 2.13. The first-order valence-electron chi connectivity index (χ1n) is 5.35. The van der Waals surface area contributed by atoms with Gasteiger partial charge in [-0.15, -0.1) is 0 Å². The Morgan fingerprint density at radius 3 is 2.39 bits per heavy atom. The zero-order valence-electron chi connectivity index (χ0n) is 10.3. The van der Waals surface area contributed by atoms with Crippen LogP contribution in [0.5, 0.6) is 0 Å². The van der Waals surface area contributed by atoms with E-state index in [9.17, 15) is 18.0 Å². The van der Waals surface area contributed by atoms with Gasteiger partial charge in [0.1, 0.15) is 5.78 Å². The molecule has 0 saturated carbocycles. The molecule has 6 heteroatoms. The molecule has 0 atom stereocenters. The molecule has 1 aromatic rings. The first kappa shape index (κ1) is 14.4. The number of carbonyl (C=O) groups excluding carboxylic acids is 2. The third-order valence-corrected chi connectivity index (χ3v) is 3.45. The topological polar surface area (TPSA) is 80.3 Å². The molecule has 1 rings (SSSR count). The maximum absolute atomic E-state index is 11.5. The quantitative estimate of drug-likeness (QED) is 0.797. The van der Waals surface area contributed by atoms with Gasteiger partial charge in [-0.25, -0.2) is 8.42 Å². The Bertz CT molecular complexity index is 563. The molecule has 1 amide bonds. The molecule has 0 unspecified atom stereocenters. The number of sulfone groups is 1. The zero-order chi connectivity index (χ0) is 13.8. The first-order valence-corrected chi connectivity index (χ1v) is 7.24. The lowest BCUT2D eigenvalue weighted by Crippen LogP contribution is -2.25. The molecule has 18 heavy (non-hydrogen) atoms. The lowest BCUT2D eigenvalue weighted by molar-refractivity contribution is -0.127. The fourth-order valence-electron chi connectivity index (χ4n) is 1.49. The fourth-order valence-corrected chi connectivity index (χ4v) is 2.44. The molecule has 0 heterocycles. The SMILES string of the molecule is CC(=O)CC(=O)NCc1ccccc1S(C)(=O)=O. The Balaban J connectivity index is 2.80. The minimum Gasteiger partial charge on any atom is -0.352 e. The van der Waals surface area contributed by atoms with Gasteiger partial charge in [-0.2, -0.15) is 0 Å². The summed E-state index contributed by atoms with van der Waals surface area (Å²) in [7, 11) is -3.32. The molecule has 0 bridgehead atoms. The Morgan fingerprint density at radius 1 is 1.22 bits per heavy atom. The molecule has 0 saturated heterocycles. The molecule has 0 fully saturated rings. The van der Waals surface area contributed by atoms with E-state index in [1.54, 1.807) is 18.2 Å². The van der Waals surface area contributed by atoms with Crippen molar-refractivity contribution in [1.82, 2.24) is 5.32 Å². The molecular weight excluding hydrogens is 254 g/mol. The van der Waals surface area contributed by atoms with Crippen molar-refractivity contribution in [3.8, 4) is 0 Å². The van der Waals surface area contributed by atoms with Gasteiger partial charge >= 0.3 is 0 Å². The lowest BCUT2D eigenvalue weighted by Gasteiger charge is -2.08. The summed E-state index contributed by atoms with van der Waals surface area (Å²) in [6, 6.07) is 6.44. The Kier molecular flexibility index (Phi) is 4.61. The zero-order valence-corrected chi connectivity index (χ0v) is 11.1. The van der Waals surface area contributed by atoms with Crippen molar-refractivity contribution in [1.29, 1.82) is 0 Å². The molecule has 0 radical (unpaired) electrons. The second kappa shape index (κ2) is 5.77. The Hall–Kier alpha value is -1.69. The van der Waals surface area contributed by atoms with E-state index in [1.807, 2.05) is 0 Å². The summed E-state index contributed by atoms with van der Waals surface area (Å²) in [5.74, 6) is -0.644. The summed E-state index contributed by atoms with van der Waals surface area (Å²) in [6.45, 7) is 1.42. The number of amides is 1. The van der Waals surface area contributed by atoms with Crippen molar-refractivity contribution in [2.75, 3.05) is 6.26 Å². The highest BCUT2D eigenvalue weighted by atomic mass is 32.2. The van der Waals surface area contributed by atoms with Crippen LogP contribution >= 0.6 is 0 Å². The summed E-state index contributed by atoms with van der Waals surface area (Å²) in [4.78, 5) is 22.2. The van der Waals surface area contributed by atoms with Crippen LogP contribution in [0.2, 0.25) is 0 Å². The number of carbonyl (C=O) groups is 2. The van der Waals surface area contributed by atoms with E-state index in [1.165, 1.54) is 13.0 Å². The largest absolute Gasteiger partial charge is 0.352 e. The van der Waals surface area contributed by atoms with Gasteiger partial charge in [0, 0.05) is 12.8 Å². The highest BCUT2D eigenvalue weighted by molar-refractivity contribution is 7.90. The second-order valence-corrected chi connectivity index (χ2v) is 6.02. The van der Waals surface area contributed by atoms with Gasteiger partial charge in [0.05, 0.1) is 11.3 Å². The molecule has 0 spiro atoms. The molecule has 0 aromatic heterocycles. The van der Waals surface area contributed by atoms with Crippen molar-refractivity contribution in [2.45, 2.75) is 24.8 Å². The average Bonchev–Trinajstić information content (AvgIpc) is 2.24. The summed E-state index contributed by atoms with van der Waals surface area (Å²) < 4.78 is 23.0. The van der Waals surface area contributed by atoms with Gasteiger partial charge in [0.15, 0.2) is 9.84 Å². The van der Waals surface area contributed by atoms with E-state index in [4.69, 9.17) is 0 Å². The van der Waals surface area contributed by atoms with Gasteiger partial charge in [0.2, 0.25) is 5.91 Å². The number of hydrogen-bond acceptors (Lipinski definition) is 4. The maximum Gasteiger partial charge on any atom is 0.227 e. The van der Waals surface area contributed by atoms with Crippen molar-refractivity contribution in [2.24, 2.45) is 0 Å². The van der Waals surface area contributed by atoms with E-state index in [-0.39, 0.29) is 23.6 Å². The molecule has 0 aliphatic carbocycles. The molecule has 5 nitrogen and oxygen atoms in total. The fraction of sp³-hybridized carbons (Fsp3) is 0.333. The summed E-state index contributed by atoms with van der Waals surface area (Å²) in [6.07, 6.45) is 0.921. The predicted molar refractivity (Wildman–Crippen MR) is 66.7 cm³/mol. The van der Waals surface area contributed by atoms with Crippen molar-refractivity contribution in [3.63, 3.8) is 0 Å². The number of nitrogens with one attached hydrogen (secondary N) is 1. The van der Waals surface area contributed by atoms with Crippen LogP contribution in [0.25, 0.3) is 0 Å². The number of ketones is 1. The number of rotatable bonds is 5. The lowest BCUT2D eigenvalue weighted by atomic mass is 10.2. The van der Waals surface area contributed by atoms with Gasteiger partial charge in [0.25, 0.3) is 0 Å². The third-order valence-electron chi connectivity index (χ3n) is 2.26. The molecule has 0 aliphatic rings. The normalized spacial score (nSPS) is 11.0. The van der Waals surface area contributed by atoms with Crippen LogP contribution in [-0.4, -0.2) is 26.4 Å². The smallest absolute Gasteiger partial charge is 0.227 e. The van der Waals surface area contributed by atoms with Crippen molar-refractivity contribution >= 4 is 21.5 Å². The van der Waals surface area contributed by atoms with Crippen molar-refractivity contribution < 1.29 is 18.0 Å². The Morgan fingerprint density at radius 2 is 1.83 bits per heavy atom. The summed E-state index contributed by atoms with van der Waals surface area (Å²) in [5.41, 5.74) is 0.511. The van der Waals surface area contributed by atoms with E-state index in [0.717, 1.165) is 6.26 Å². The first-order chi connectivity index (χ1) is 8.30. The number of benzene rings is 1. The minimum absolute atomic E-state index is 0.0926. The van der Waals surface area contributed by atoms with Crippen LogP contribution in [0.1, 0.15) is 18.9 Å². The van der Waals surface area contributed by atoms with Crippen LogP contribution in [-0.2, 0) is 26.0 Å². The average molecular weight is 269 g/mol. The van der Waals surface area contributed by atoms with E-state index in [2.05, 4.69) is 5.32 Å². The molecular formula is C12H15NO4S. The van der Waals surface area contributed by atoms with Gasteiger partial charge in [-0.3, -0.25) is 9.59 Å². The molecule has 1 N–H and O–H groups in total. The standard InChI is InChI=1S/C12H15NO4S/c1-9(14)7-12(15)13-8-10-5-3-4-6-11(10)18(2,16)17/h3-6H,7-8H2,1-2H3,(H,13,15). The predicted octanol–water partition coefficient (Wildman–Crippen LogP) is 0.685. The summed E-state index contributed by atoms with van der Waals surface area (Å²) >= 11 is 0. The van der Waals surface area contributed by atoms with E-state index >= 15 is 0 Å². The minimum atomic E-state index is -3.32. The highest BCUT2D eigenvalue weighted by Crippen LogP contribution is 2.14. The van der Waals surface area contributed by atoms with Crippen LogP contribution in [0.4, 0.5) is 0 Å². The molecule has 98 valence electrons. The van der Waals surface area contributed by atoms with Crippen LogP contribution in [0, 0.1) is 0 Å². The van der Waals surface area contributed by atoms with E-state index in [0.29, 0.717) is 5.56 Å². The van der Waals surface area contributed by atoms with Crippen molar-refractivity contribution in [3.05, 3.63) is 29.8 Å². The van der Waals surface area contributed by atoms with Gasteiger partial charge in [-0.1, -0.05) is 18.2 Å². The van der Waals surface area contributed by atoms with Crippen LogP contribution in [0.3, 0.4) is 0 Å². The van der Waals surface area contributed by atoms with E-state index < -0.39 is 15.7 Å². The van der Waals surface area contributed by atoms with Gasteiger partial charge < -0.3 is 5.32 Å². The monoisotopic (exact) mass is 269 g/mol. The Labute approximate surface area is 106 Å². The number of Topliss-reactive ketones (excluding diaryl/α,β-unsaturated/α-hetero) is 1. The number of hydrogen-bond donors (Lipinski definition) is 1. The third kappa shape index (κ3) is 4.29. The van der Waals surface area contributed by atoms with Gasteiger partial charge in [-0.05, 0) is 18.6 Å². The maximum atomic E-state index is 11.5. The van der Waals surface area contributed by atoms with Crippen LogP contribution in [0.15, 0.2) is 29.2 Å². The van der Waals surface area contributed by atoms with Crippen LogP contribution < -0.4 is 5.32 Å². The summed E-state index contributed by atoms with van der Waals surface area (Å²) in [5, 5.41) is 2.52.